The van der Waals surface area contributed by atoms with Crippen molar-refractivity contribution in [3.05, 3.63) is 47.2 Å². The van der Waals surface area contributed by atoms with E-state index < -0.39 is 0 Å². The van der Waals surface area contributed by atoms with E-state index in [0.29, 0.717) is 13.0 Å². The van der Waals surface area contributed by atoms with Gasteiger partial charge >= 0.3 is 0 Å². The maximum atomic E-state index is 11.2. The van der Waals surface area contributed by atoms with E-state index in [-0.39, 0.29) is 18.4 Å². The molecule has 3 heterocycles. The van der Waals surface area contributed by atoms with E-state index in [1.54, 1.807) is 23.1 Å². The molecule has 0 radical (unpaired) electrons. The van der Waals surface area contributed by atoms with Crippen molar-refractivity contribution >= 4 is 29.0 Å². The van der Waals surface area contributed by atoms with Crippen LogP contribution in [0.4, 0.5) is 0 Å². The summed E-state index contributed by atoms with van der Waals surface area (Å²) in [6, 6.07) is 10.2. The Hall–Kier alpha value is -2.23. The van der Waals surface area contributed by atoms with Gasteiger partial charge < -0.3 is 15.0 Å². The number of thioether (sulfide) groups is 1. The molecule has 0 spiro atoms. The van der Waals surface area contributed by atoms with E-state index in [1.165, 1.54) is 4.88 Å². The fourth-order valence-electron chi connectivity index (χ4n) is 3.25. The topological polar surface area (TPSA) is 95.9 Å². The summed E-state index contributed by atoms with van der Waals surface area (Å²) in [6.07, 6.45) is 4.97. The minimum atomic E-state index is -0.330. The Morgan fingerprint density at radius 3 is 2.93 bits per heavy atom. The molecule has 0 bridgehead atoms. The third-order valence-electron chi connectivity index (χ3n) is 4.72. The van der Waals surface area contributed by atoms with Crippen LogP contribution in [0.3, 0.4) is 0 Å². The Bertz CT molecular complexity index is 951. The van der Waals surface area contributed by atoms with Crippen LogP contribution in [0.15, 0.2) is 41.7 Å². The first-order chi connectivity index (χ1) is 14.2. The smallest absolute Gasteiger partial charge is 0.217 e. The average molecular weight is 430 g/mol. The van der Waals surface area contributed by atoms with Gasteiger partial charge in [0.1, 0.15) is 10.8 Å². The van der Waals surface area contributed by atoms with Gasteiger partial charge in [-0.05, 0) is 12.8 Å². The van der Waals surface area contributed by atoms with E-state index in [2.05, 4.69) is 31.9 Å². The van der Waals surface area contributed by atoms with Gasteiger partial charge in [0.05, 0.1) is 12.6 Å². The van der Waals surface area contributed by atoms with Gasteiger partial charge in [0, 0.05) is 41.8 Å². The maximum Gasteiger partial charge on any atom is 0.217 e. The number of carbonyl (C=O) groups is 1. The van der Waals surface area contributed by atoms with Crippen LogP contribution < -0.4 is 5.73 Å². The second-order valence-corrected chi connectivity index (χ2v) is 8.95. The van der Waals surface area contributed by atoms with Gasteiger partial charge in [-0.25, -0.2) is 4.98 Å². The molecule has 0 aliphatic carbocycles. The molecule has 1 amide bonds. The number of nitrogens with two attached hydrogens (primary N) is 1. The second kappa shape index (κ2) is 9.51. The average Bonchev–Trinajstić information content (AvgIpc) is 3.48. The molecule has 3 aromatic rings. The summed E-state index contributed by atoms with van der Waals surface area (Å²) in [5, 5.41) is 10.5. The van der Waals surface area contributed by atoms with Crippen molar-refractivity contribution in [3.8, 4) is 10.6 Å². The number of benzene rings is 1. The summed E-state index contributed by atoms with van der Waals surface area (Å²) >= 11 is 3.32. The summed E-state index contributed by atoms with van der Waals surface area (Å²) in [4.78, 5) is 16.9. The minimum Gasteiger partial charge on any atom is -0.376 e. The quantitative estimate of drug-likeness (QED) is 0.524. The van der Waals surface area contributed by atoms with Crippen LogP contribution >= 0.6 is 23.1 Å². The fourth-order valence-corrected chi connectivity index (χ4v) is 5.15. The molecule has 1 atom stereocenters. The van der Waals surface area contributed by atoms with Crippen LogP contribution in [0.1, 0.15) is 30.0 Å². The van der Waals surface area contributed by atoms with Gasteiger partial charge in [-0.2, -0.15) is 0 Å². The summed E-state index contributed by atoms with van der Waals surface area (Å²) in [6.45, 7) is 1.51. The van der Waals surface area contributed by atoms with Crippen molar-refractivity contribution in [2.45, 2.75) is 49.2 Å². The monoisotopic (exact) mass is 429 g/mol. The number of primary amides is 1. The van der Waals surface area contributed by atoms with Gasteiger partial charge in [-0.1, -0.05) is 42.1 Å². The van der Waals surface area contributed by atoms with E-state index in [4.69, 9.17) is 10.5 Å². The van der Waals surface area contributed by atoms with Crippen LogP contribution in [-0.4, -0.2) is 38.4 Å². The van der Waals surface area contributed by atoms with Crippen LogP contribution in [0.2, 0.25) is 0 Å². The molecule has 1 fully saturated rings. The number of carbonyl (C=O) groups excluding carboxylic acids is 1. The number of aryl methyl sites for hydroxylation is 1. The zero-order valence-electron chi connectivity index (χ0n) is 16.0. The minimum absolute atomic E-state index is 0.172. The Labute approximate surface area is 177 Å². The number of ether oxygens (including phenoxy) is 1. The molecule has 29 heavy (non-hydrogen) atoms. The lowest BCUT2D eigenvalue weighted by Crippen LogP contribution is -2.19. The summed E-state index contributed by atoms with van der Waals surface area (Å²) in [5.41, 5.74) is 6.44. The van der Waals surface area contributed by atoms with Gasteiger partial charge in [0.15, 0.2) is 5.16 Å². The number of nitrogens with zero attached hydrogens (tertiary/aromatic N) is 4. The van der Waals surface area contributed by atoms with Crippen LogP contribution in [0.5, 0.6) is 0 Å². The van der Waals surface area contributed by atoms with Crippen molar-refractivity contribution in [3.63, 3.8) is 0 Å². The molecule has 152 valence electrons. The Balaban J connectivity index is 1.46. The van der Waals surface area contributed by atoms with E-state index in [1.807, 2.05) is 24.4 Å². The number of aromatic nitrogens is 4. The lowest BCUT2D eigenvalue weighted by atomic mass is 10.2. The zero-order chi connectivity index (χ0) is 20.1. The predicted octanol–water partition coefficient (Wildman–Crippen LogP) is 3.29. The largest absolute Gasteiger partial charge is 0.376 e. The molecule has 1 aliphatic heterocycles. The highest BCUT2D eigenvalue weighted by molar-refractivity contribution is 7.98. The standard InChI is InChI=1S/C20H23N5O2S2/c21-17(26)8-9-18-23-24-20(25(18)12-15-7-4-10-27-15)28-13-16-11-22-19(29-16)14-5-2-1-3-6-14/h1-3,5-6,11,15H,4,7-10,12-13H2,(H2,21,26). The Morgan fingerprint density at radius 2 is 2.17 bits per heavy atom. The normalized spacial score (nSPS) is 16.3. The fraction of sp³-hybridized carbons (Fsp3) is 0.400. The molecule has 4 rings (SSSR count). The molecule has 2 N–H and O–H groups in total. The highest BCUT2D eigenvalue weighted by atomic mass is 32.2. The number of rotatable bonds is 9. The van der Waals surface area contributed by atoms with Crippen molar-refractivity contribution in [1.82, 2.24) is 19.7 Å². The third kappa shape index (κ3) is 5.23. The Morgan fingerprint density at radius 1 is 1.31 bits per heavy atom. The van der Waals surface area contributed by atoms with Crippen molar-refractivity contribution < 1.29 is 9.53 Å². The number of hydrogen-bond acceptors (Lipinski definition) is 7. The molecule has 9 heteroatoms. The number of hydrogen-bond donors (Lipinski definition) is 1. The van der Waals surface area contributed by atoms with Crippen LogP contribution in [0.25, 0.3) is 10.6 Å². The first-order valence-corrected chi connectivity index (χ1v) is 11.4. The highest BCUT2D eigenvalue weighted by Gasteiger charge is 2.21. The Kier molecular flexibility index (Phi) is 6.58. The molecule has 1 aromatic carbocycles. The van der Waals surface area contributed by atoms with E-state index >= 15 is 0 Å². The molecule has 1 unspecified atom stereocenters. The maximum absolute atomic E-state index is 11.2. The summed E-state index contributed by atoms with van der Waals surface area (Å²) < 4.78 is 7.88. The SMILES string of the molecule is NC(=O)CCc1nnc(SCc2cnc(-c3ccccc3)s2)n1CC1CCCO1. The van der Waals surface area contributed by atoms with Gasteiger partial charge in [-0.15, -0.1) is 21.5 Å². The first-order valence-electron chi connectivity index (χ1n) is 9.64. The molecular weight excluding hydrogens is 406 g/mol. The second-order valence-electron chi connectivity index (χ2n) is 6.90. The molecular formula is C20H23N5O2S2. The highest BCUT2D eigenvalue weighted by Crippen LogP contribution is 2.30. The number of amides is 1. The summed E-state index contributed by atoms with van der Waals surface area (Å²) in [5.74, 6) is 1.23. The first kappa shape index (κ1) is 20.1. The molecule has 0 saturated carbocycles. The molecule has 1 saturated heterocycles. The molecule has 1 aliphatic rings. The van der Waals surface area contributed by atoms with Crippen LogP contribution in [-0.2, 0) is 28.2 Å². The van der Waals surface area contributed by atoms with Gasteiger partial charge in [0.2, 0.25) is 5.91 Å². The lowest BCUT2D eigenvalue weighted by Gasteiger charge is -2.14. The predicted molar refractivity (Wildman–Crippen MR) is 114 cm³/mol. The molecule has 7 nitrogen and oxygen atoms in total. The van der Waals surface area contributed by atoms with Crippen LogP contribution in [0, 0.1) is 0 Å². The lowest BCUT2D eigenvalue weighted by molar-refractivity contribution is -0.118. The summed E-state index contributed by atoms with van der Waals surface area (Å²) in [7, 11) is 0. The van der Waals surface area contributed by atoms with Gasteiger partial charge in [0.25, 0.3) is 0 Å². The van der Waals surface area contributed by atoms with Gasteiger partial charge in [-0.3, -0.25) is 4.79 Å². The molecule has 2 aromatic heterocycles. The van der Waals surface area contributed by atoms with Crippen molar-refractivity contribution in [1.29, 1.82) is 0 Å². The van der Waals surface area contributed by atoms with E-state index in [9.17, 15) is 4.79 Å². The van der Waals surface area contributed by atoms with E-state index in [0.717, 1.165) is 46.8 Å². The van der Waals surface area contributed by atoms with Crippen molar-refractivity contribution in [2.75, 3.05) is 6.61 Å². The number of thiazole rings is 1. The zero-order valence-corrected chi connectivity index (χ0v) is 17.6. The third-order valence-corrected chi connectivity index (χ3v) is 6.96. The van der Waals surface area contributed by atoms with Crippen molar-refractivity contribution in [2.24, 2.45) is 5.73 Å².